The first-order valence-electron chi connectivity index (χ1n) is 7.21. The lowest BCUT2D eigenvalue weighted by atomic mass is 10.1. The molecule has 0 spiro atoms. The highest BCUT2D eigenvalue weighted by Gasteiger charge is 2.25. The summed E-state index contributed by atoms with van der Waals surface area (Å²) in [5, 5.41) is 0. The van der Waals surface area contributed by atoms with Crippen LogP contribution in [0.1, 0.15) is 25.3 Å². The maximum atomic E-state index is 11.8. The minimum Gasteiger partial charge on any atom is -0.341 e. The van der Waals surface area contributed by atoms with E-state index in [-0.39, 0.29) is 11.9 Å². The zero-order chi connectivity index (χ0) is 14.4. The number of rotatable bonds is 6. The summed E-state index contributed by atoms with van der Waals surface area (Å²) in [7, 11) is 0. The van der Waals surface area contributed by atoms with Gasteiger partial charge in [-0.25, -0.2) is 0 Å². The van der Waals surface area contributed by atoms with Gasteiger partial charge in [0.15, 0.2) is 0 Å². The Hall–Kier alpha value is -1.84. The number of hydrogen-bond acceptors (Lipinski definition) is 2. The molecule has 108 valence electrons. The van der Waals surface area contributed by atoms with Gasteiger partial charge in [-0.1, -0.05) is 30.3 Å². The lowest BCUT2D eigenvalue weighted by Gasteiger charge is -2.28. The molecule has 0 saturated carbocycles. The Labute approximate surface area is 120 Å². The van der Waals surface area contributed by atoms with E-state index in [4.69, 9.17) is 0 Å². The number of amides is 2. The number of nitrogens with zero attached hydrogens (tertiary/aromatic N) is 2. The van der Waals surface area contributed by atoms with E-state index in [1.54, 1.807) is 6.92 Å². The molecule has 1 saturated heterocycles. The molecule has 0 radical (unpaired) electrons. The summed E-state index contributed by atoms with van der Waals surface area (Å²) in [5.41, 5.74) is 1.23. The first-order valence-corrected chi connectivity index (χ1v) is 7.21. The summed E-state index contributed by atoms with van der Waals surface area (Å²) < 4.78 is 0. The number of carbonyl (C=O) groups excluding carboxylic acids is 2. The van der Waals surface area contributed by atoms with Crippen LogP contribution in [0.3, 0.4) is 0 Å². The van der Waals surface area contributed by atoms with Gasteiger partial charge in [0.05, 0.1) is 0 Å². The van der Waals surface area contributed by atoms with Crippen molar-refractivity contribution in [2.45, 2.75) is 32.2 Å². The van der Waals surface area contributed by atoms with Gasteiger partial charge in [0.2, 0.25) is 12.3 Å². The molecule has 1 aromatic carbocycles. The molecule has 4 heteroatoms. The largest absolute Gasteiger partial charge is 0.341 e. The van der Waals surface area contributed by atoms with Crippen LogP contribution in [0.2, 0.25) is 0 Å². The van der Waals surface area contributed by atoms with Gasteiger partial charge in [0.25, 0.3) is 0 Å². The SMILES string of the molecule is CC(=O)N(CCc1ccccc1)CC1CCCN1C=O. The first kappa shape index (κ1) is 14.6. The molecule has 20 heavy (non-hydrogen) atoms. The highest BCUT2D eigenvalue weighted by Crippen LogP contribution is 2.16. The highest BCUT2D eigenvalue weighted by atomic mass is 16.2. The Kier molecular flexibility index (Phi) is 5.16. The van der Waals surface area contributed by atoms with Crippen LogP contribution >= 0.6 is 0 Å². The van der Waals surface area contributed by atoms with Gasteiger partial charge in [-0.3, -0.25) is 9.59 Å². The molecule has 0 bridgehead atoms. The number of carbonyl (C=O) groups is 2. The van der Waals surface area contributed by atoms with E-state index in [0.29, 0.717) is 13.1 Å². The van der Waals surface area contributed by atoms with Crippen molar-refractivity contribution in [1.29, 1.82) is 0 Å². The minimum absolute atomic E-state index is 0.0821. The maximum absolute atomic E-state index is 11.8. The second kappa shape index (κ2) is 7.08. The molecule has 1 unspecified atom stereocenters. The molecule has 4 nitrogen and oxygen atoms in total. The summed E-state index contributed by atoms with van der Waals surface area (Å²) in [6.07, 6.45) is 3.79. The van der Waals surface area contributed by atoms with E-state index in [1.165, 1.54) is 5.56 Å². The summed E-state index contributed by atoms with van der Waals surface area (Å²) in [5.74, 6) is 0.0821. The third-order valence-corrected chi connectivity index (χ3v) is 3.95. The molecule has 0 aromatic heterocycles. The summed E-state index contributed by atoms with van der Waals surface area (Å²) in [4.78, 5) is 26.4. The van der Waals surface area contributed by atoms with Crippen molar-refractivity contribution in [1.82, 2.24) is 9.80 Å². The van der Waals surface area contributed by atoms with Gasteiger partial charge < -0.3 is 9.80 Å². The molecule has 2 amide bonds. The van der Waals surface area contributed by atoms with Crippen molar-refractivity contribution in [3.63, 3.8) is 0 Å². The van der Waals surface area contributed by atoms with E-state index >= 15 is 0 Å². The molecular formula is C16H22N2O2. The van der Waals surface area contributed by atoms with Gasteiger partial charge in [0.1, 0.15) is 0 Å². The molecule has 1 fully saturated rings. The normalized spacial score (nSPS) is 18.1. The highest BCUT2D eigenvalue weighted by molar-refractivity contribution is 5.73. The summed E-state index contributed by atoms with van der Waals surface area (Å²) >= 11 is 0. The second-order valence-corrected chi connectivity index (χ2v) is 5.34. The molecule has 1 aromatic rings. The van der Waals surface area contributed by atoms with Crippen LogP contribution in [0.4, 0.5) is 0 Å². The molecule has 1 aliphatic rings. The molecule has 0 aliphatic carbocycles. The van der Waals surface area contributed by atoms with Crippen LogP contribution in [-0.2, 0) is 16.0 Å². The Morgan fingerprint density at radius 2 is 2.15 bits per heavy atom. The van der Waals surface area contributed by atoms with Crippen LogP contribution in [0.25, 0.3) is 0 Å². The van der Waals surface area contributed by atoms with Gasteiger partial charge in [-0.2, -0.15) is 0 Å². The monoisotopic (exact) mass is 274 g/mol. The standard InChI is InChI=1S/C16H22N2O2/c1-14(20)17(11-9-15-6-3-2-4-7-15)12-16-8-5-10-18(16)13-19/h2-4,6-7,13,16H,5,8-12H2,1H3. The second-order valence-electron chi connectivity index (χ2n) is 5.34. The fourth-order valence-electron chi connectivity index (χ4n) is 2.73. The van der Waals surface area contributed by atoms with Crippen LogP contribution in [0.5, 0.6) is 0 Å². The van der Waals surface area contributed by atoms with E-state index in [9.17, 15) is 9.59 Å². The molecule has 2 rings (SSSR count). The van der Waals surface area contributed by atoms with Gasteiger partial charge in [0, 0.05) is 32.6 Å². The molecule has 0 N–H and O–H groups in total. The third kappa shape index (κ3) is 3.83. The topological polar surface area (TPSA) is 40.6 Å². The van der Waals surface area contributed by atoms with Crippen molar-refractivity contribution < 1.29 is 9.59 Å². The summed E-state index contributed by atoms with van der Waals surface area (Å²) in [6.45, 7) is 3.78. The summed E-state index contributed by atoms with van der Waals surface area (Å²) in [6, 6.07) is 10.4. The van der Waals surface area contributed by atoms with E-state index in [2.05, 4.69) is 12.1 Å². The van der Waals surface area contributed by atoms with Crippen molar-refractivity contribution in [2.24, 2.45) is 0 Å². The molecular weight excluding hydrogens is 252 g/mol. The predicted molar refractivity (Wildman–Crippen MR) is 78.2 cm³/mol. The van der Waals surface area contributed by atoms with Crippen molar-refractivity contribution in [2.75, 3.05) is 19.6 Å². The van der Waals surface area contributed by atoms with E-state index < -0.39 is 0 Å². The Morgan fingerprint density at radius 1 is 1.40 bits per heavy atom. The average molecular weight is 274 g/mol. The maximum Gasteiger partial charge on any atom is 0.219 e. The first-order chi connectivity index (χ1) is 9.70. The minimum atomic E-state index is 0.0821. The number of likely N-dealkylation sites (tertiary alicyclic amines) is 1. The van der Waals surface area contributed by atoms with Gasteiger partial charge in [-0.05, 0) is 24.8 Å². The Bertz CT molecular complexity index is 447. The van der Waals surface area contributed by atoms with Crippen LogP contribution < -0.4 is 0 Å². The quantitative estimate of drug-likeness (QED) is 0.741. The lowest BCUT2D eigenvalue weighted by Crippen LogP contribution is -2.42. The predicted octanol–water partition coefficient (Wildman–Crippen LogP) is 1.70. The van der Waals surface area contributed by atoms with Crippen molar-refractivity contribution >= 4 is 12.3 Å². The molecule has 1 aliphatic heterocycles. The van der Waals surface area contributed by atoms with Crippen LogP contribution in [0.15, 0.2) is 30.3 Å². The van der Waals surface area contributed by atoms with Crippen LogP contribution in [-0.4, -0.2) is 47.8 Å². The van der Waals surface area contributed by atoms with Crippen molar-refractivity contribution in [3.05, 3.63) is 35.9 Å². The number of hydrogen-bond donors (Lipinski definition) is 0. The third-order valence-electron chi connectivity index (χ3n) is 3.95. The molecule has 1 atom stereocenters. The number of benzene rings is 1. The molecule has 1 heterocycles. The Balaban J connectivity index is 1.90. The smallest absolute Gasteiger partial charge is 0.219 e. The van der Waals surface area contributed by atoms with E-state index in [0.717, 1.165) is 32.2 Å². The lowest BCUT2D eigenvalue weighted by molar-refractivity contribution is -0.130. The average Bonchev–Trinajstić information content (AvgIpc) is 2.91. The Morgan fingerprint density at radius 3 is 2.80 bits per heavy atom. The van der Waals surface area contributed by atoms with Crippen LogP contribution in [0, 0.1) is 0 Å². The van der Waals surface area contributed by atoms with E-state index in [1.807, 2.05) is 28.0 Å². The van der Waals surface area contributed by atoms with Gasteiger partial charge >= 0.3 is 0 Å². The fraction of sp³-hybridized carbons (Fsp3) is 0.500. The fourth-order valence-corrected chi connectivity index (χ4v) is 2.73. The van der Waals surface area contributed by atoms with Gasteiger partial charge in [-0.15, -0.1) is 0 Å². The van der Waals surface area contributed by atoms with Crippen molar-refractivity contribution in [3.8, 4) is 0 Å². The zero-order valence-electron chi connectivity index (χ0n) is 12.0. The zero-order valence-corrected chi connectivity index (χ0v) is 12.0.